The Balaban J connectivity index is 1.49. The summed E-state index contributed by atoms with van der Waals surface area (Å²) in [5.74, 6) is -0.0635. The van der Waals surface area contributed by atoms with Gasteiger partial charge in [-0.05, 0) is 54.7 Å². The first kappa shape index (κ1) is 21.8. The molecule has 0 atom stereocenters. The average molecular weight is 436 g/mol. The average Bonchev–Trinajstić information content (AvgIpc) is 3.17. The molecule has 6 nitrogen and oxygen atoms in total. The van der Waals surface area contributed by atoms with Gasteiger partial charge in [-0.1, -0.05) is 48.7 Å². The maximum absolute atomic E-state index is 12.3. The summed E-state index contributed by atoms with van der Waals surface area (Å²) in [6.45, 7) is 0.718. The van der Waals surface area contributed by atoms with Crippen LogP contribution in [0, 0.1) is 0 Å². The van der Waals surface area contributed by atoms with Gasteiger partial charge in [-0.15, -0.1) is 0 Å². The highest BCUT2D eigenvalue weighted by atomic mass is 35.5. The Bertz CT molecular complexity index is 938. The van der Waals surface area contributed by atoms with Crippen LogP contribution in [0.2, 0.25) is 5.02 Å². The summed E-state index contributed by atoms with van der Waals surface area (Å²) >= 11 is 6.01. The van der Waals surface area contributed by atoms with Crippen LogP contribution in [0.3, 0.4) is 0 Å². The zero-order valence-electron chi connectivity index (χ0n) is 16.2. The standard InChI is InChI=1S/C21H26ClN3O3S/c22-18-7-5-17(6-8-18)21(12-1-2-13-21)25-15-20(26)24-14-11-16-3-9-19(10-4-16)29(23,27)28/h3-10,25H,1-2,11-15H2,(H,24,26)(H2,23,27,28). The summed E-state index contributed by atoms with van der Waals surface area (Å²) in [4.78, 5) is 12.4. The molecule has 0 spiro atoms. The Labute approximate surface area is 176 Å². The van der Waals surface area contributed by atoms with Gasteiger partial charge in [-0.25, -0.2) is 13.6 Å². The number of carbonyl (C=O) groups is 1. The molecule has 0 unspecified atom stereocenters. The molecule has 0 aromatic heterocycles. The van der Waals surface area contributed by atoms with E-state index in [-0.39, 0.29) is 22.9 Å². The monoisotopic (exact) mass is 435 g/mol. The van der Waals surface area contributed by atoms with E-state index in [0.717, 1.165) is 31.2 Å². The minimum atomic E-state index is -3.69. The Morgan fingerprint density at radius 2 is 1.66 bits per heavy atom. The highest BCUT2D eigenvalue weighted by molar-refractivity contribution is 7.89. The molecule has 0 radical (unpaired) electrons. The zero-order valence-corrected chi connectivity index (χ0v) is 17.7. The molecule has 4 N–H and O–H groups in total. The molecule has 0 aliphatic heterocycles. The first-order valence-corrected chi connectivity index (χ1v) is 11.6. The number of rotatable bonds is 8. The van der Waals surface area contributed by atoms with Crippen LogP contribution in [-0.2, 0) is 26.8 Å². The molecule has 8 heteroatoms. The van der Waals surface area contributed by atoms with E-state index in [1.165, 1.54) is 17.7 Å². The van der Waals surface area contributed by atoms with Crippen LogP contribution in [0.15, 0.2) is 53.4 Å². The summed E-state index contributed by atoms with van der Waals surface area (Å²) in [5, 5.41) is 12.2. The number of primary sulfonamides is 1. The van der Waals surface area contributed by atoms with Crippen LogP contribution in [0.4, 0.5) is 0 Å². The third-order valence-electron chi connectivity index (χ3n) is 5.43. The van der Waals surface area contributed by atoms with Crippen molar-refractivity contribution in [3.8, 4) is 0 Å². The number of benzene rings is 2. The summed E-state index contributed by atoms with van der Waals surface area (Å²) in [7, 11) is -3.69. The van der Waals surface area contributed by atoms with E-state index < -0.39 is 10.0 Å². The van der Waals surface area contributed by atoms with Crippen LogP contribution in [0.5, 0.6) is 0 Å². The largest absolute Gasteiger partial charge is 0.355 e. The molecule has 3 rings (SSSR count). The van der Waals surface area contributed by atoms with Crippen molar-refractivity contribution in [2.45, 2.75) is 42.5 Å². The van der Waals surface area contributed by atoms with Crippen molar-refractivity contribution in [1.82, 2.24) is 10.6 Å². The molecular formula is C21H26ClN3O3S. The van der Waals surface area contributed by atoms with E-state index in [9.17, 15) is 13.2 Å². The smallest absolute Gasteiger partial charge is 0.238 e. The third-order valence-corrected chi connectivity index (χ3v) is 6.61. The summed E-state index contributed by atoms with van der Waals surface area (Å²) in [6.07, 6.45) is 4.87. The van der Waals surface area contributed by atoms with Gasteiger partial charge in [-0.2, -0.15) is 0 Å². The molecule has 29 heavy (non-hydrogen) atoms. The number of halogens is 1. The summed E-state index contributed by atoms with van der Waals surface area (Å²) < 4.78 is 22.6. The van der Waals surface area contributed by atoms with Crippen molar-refractivity contribution < 1.29 is 13.2 Å². The number of hydrogen-bond acceptors (Lipinski definition) is 4. The lowest BCUT2D eigenvalue weighted by atomic mass is 9.88. The molecule has 1 fully saturated rings. The van der Waals surface area contributed by atoms with Crippen LogP contribution in [0.25, 0.3) is 0 Å². The van der Waals surface area contributed by atoms with Gasteiger partial charge in [-0.3, -0.25) is 10.1 Å². The highest BCUT2D eigenvalue weighted by Crippen LogP contribution is 2.38. The van der Waals surface area contributed by atoms with Gasteiger partial charge in [0.1, 0.15) is 0 Å². The van der Waals surface area contributed by atoms with E-state index in [0.29, 0.717) is 18.0 Å². The summed E-state index contributed by atoms with van der Waals surface area (Å²) in [6, 6.07) is 14.2. The summed E-state index contributed by atoms with van der Waals surface area (Å²) in [5.41, 5.74) is 1.92. The normalized spacial score (nSPS) is 15.9. The second kappa shape index (κ2) is 9.26. The van der Waals surface area contributed by atoms with Gasteiger partial charge in [0.15, 0.2) is 0 Å². The van der Waals surface area contributed by atoms with Crippen molar-refractivity contribution in [3.63, 3.8) is 0 Å². The van der Waals surface area contributed by atoms with Crippen LogP contribution < -0.4 is 15.8 Å². The lowest BCUT2D eigenvalue weighted by Gasteiger charge is -2.31. The second-order valence-electron chi connectivity index (χ2n) is 7.44. The number of amides is 1. The third kappa shape index (κ3) is 5.79. The first-order valence-electron chi connectivity index (χ1n) is 9.68. The fourth-order valence-corrected chi connectivity index (χ4v) is 4.46. The van der Waals surface area contributed by atoms with E-state index in [1.54, 1.807) is 12.1 Å². The Hall–Kier alpha value is -1.93. The number of nitrogens with two attached hydrogens (primary N) is 1. The van der Waals surface area contributed by atoms with E-state index >= 15 is 0 Å². The molecule has 156 valence electrons. The molecule has 1 aliphatic carbocycles. The fraction of sp³-hybridized carbons (Fsp3) is 0.381. The van der Waals surface area contributed by atoms with Gasteiger partial charge in [0.2, 0.25) is 15.9 Å². The van der Waals surface area contributed by atoms with Gasteiger partial charge in [0, 0.05) is 17.1 Å². The minimum absolute atomic E-state index is 0.0635. The van der Waals surface area contributed by atoms with Crippen molar-refractivity contribution in [3.05, 3.63) is 64.7 Å². The predicted octanol–water partition coefficient (Wildman–Crippen LogP) is 2.71. The maximum Gasteiger partial charge on any atom is 0.238 e. The Morgan fingerprint density at radius 3 is 2.24 bits per heavy atom. The minimum Gasteiger partial charge on any atom is -0.355 e. The molecule has 0 heterocycles. The van der Waals surface area contributed by atoms with E-state index in [2.05, 4.69) is 10.6 Å². The van der Waals surface area contributed by atoms with Crippen molar-refractivity contribution >= 4 is 27.5 Å². The zero-order chi connectivity index (χ0) is 20.9. The van der Waals surface area contributed by atoms with E-state index in [4.69, 9.17) is 16.7 Å². The SMILES string of the molecule is NS(=O)(=O)c1ccc(CCNC(=O)CNC2(c3ccc(Cl)cc3)CCCC2)cc1. The predicted molar refractivity (Wildman–Crippen MR) is 114 cm³/mol. The van der Waals surface area contributed by atoms with Gasteiger partial charge < -0.3 is 5.32 Å². The van der Waals surface area contributed by atoms with E-state index in [1.807, 2.05) is 24.3 Å². The van der Waals surface area contributed by atoms with Gasteiger partial charge >= 0.3 is 0 Å². The molecule has 0 bridgehead atoms. The maximum atomic E-state index is 12.3. The highest BCUT2D eigenvalue weighted by Gasteiger charge is 2.35. The second-order valence-corrected chi connectivity index (χ2v) is 9.44. The van der Waals surface area contributed by atoms with Crippen LogP contribution in [-0.4, -0.2) is 27.4 Å². The topological polar surface area (TPSA) is 101 Å². The van der Waals surface area contributed by atoms with Crippen LogP contribution >= 0.6 is 11.6 Å². The number of carbonyl (C=O) groups excluding carboxylic acids is 1. The van der Waals surface area contributed by atoms with Crippen molar-refractivity contribution in [2.75, 3.05) is 13.1 Å². The lowest BCUT2D eigenvalue weighted by Crippen LogP contribution is -2.45. The Morgan fingerprint density at radius 1 is 1.03 bits per heavy atom. The molecule has 0 saturated heterocycles. The van der Waals surface area contributed by atoms with Crippen molar-refractivity contribution in [1.29, 1.82) is 0 Å². The lowest BCUT2D eigenvalue weighted by molar-refractivity contribution is -0.120. The quantitative estimate of drug-likeness (QED) is 0.593. The van der Waals surface area contributed by atoms with Crippen molar-refractivity contribution in [2.24, 2.45) is 5.14 Å². The number of sulfonamides is 1. The van der Waals surface area contributed by atoms with Crippen LogP contribution in [0.1, 0.15) is 36.8 Å². The Kier molecular flexibility index (Phi) is 6.95. The molecule has 1 amide bonds. The molecule has 2 aromatic carbocycles. The van der Waals surface area contributed by atoms with Gasteiger partial charge in [0.05, 0.1) is 11.4 Å². The number of nitrogens with one attached hydrogen (secondary N) is 2. The fourth-order valence-electron chi connectivity index (χ4n) is 3.82. The molecule has 1 aliphatic rings. The first-order chi connectivity index (χ1) is 13.8. The molecule has 2 aromatic rings. The van der Waals surface area contributed by atoms with Gasteiger partial charge in [0.25, 0.3) is 0 Å². The molecular weight excluding hydrogens is 410 g/mol. The number of hydrogen-bond donors (Lipinski definition) is 3. The molecule has 1 saturated carbocycles.